The van der Waals surface area contributed by atoms with E-state index in [9.17, 15) is 4.79 Å². The molecule has 0 unspecified atom stereocenters. The van der Waals surface area contributed by atoms with Crippen LogP contribution < -0.4 is 5.32 Å². The molecule has 0 atom stereocenters. The largest absolute Gasteiger partial charge is 0.461 e. The summed E-state index contributed by atoms with van der Waals surface area (Å²) in [4.78, 5) is 10.7. The lowest BCUT2D eigenvalue weighted by Gasteiger charge is -2.18. The quantitative estimate of drug-likeness (QED) is 0.748. The third kappa shape index (κ3) is 2.18. The van der Waals surface area contributed by atoms with Gasteiger partial charge in [-0.05, 0) is 11.6 Å². The molecule has 0 aromatic heterocycles. The fourth-order valence-electron chi connectivity index (χ4n) is 1.63. The lowest BCUT2D eigenvalue weighted by molar-refractivity contribution is -0.139. The number of anilines is 1. The number of benzene rings is 1. The summed E-state index contributed by atoms with van der Waals surface area (Å²) in [5.74, 6) is -0.244. The van der Waals surface area contributed by atoms with Gasteiger partial charge < -0.3 is 10.1 Å². The van der Waals surface area contributed by atoms with Crippen molar-refractivity contribution in [3.05, 3.63) is 35.9 Å². The fourth-order valence-corrected chi connectivity index (χ4v) is 1.63. The molecule has 0 amide bonds. The van der Waals surface area contributed by atoms with Crippen molar-refractivity contribution < 1.29 is 9.53 Å². The minimum atomic E-state index is -0.244. The van der Waals surface area contributed by atoms with Gasteiger partial charge in [0, 0.05) is 24.7 Å². The molecule has 0 saturated carbocycles. The van der Waals surface area contributed by atoms with Crippen LogP contribution in [0.25, 0.3) is 5.57 Å². The van der Waals surface area contributed by atoms with Gasteiger partial charge >= 0.3 is 5.97 Å². The van der Waals surface area contributed by atoms with Crippen LogP contribution in [0.5, 0.6) is 0 Å². The third-order valence-corrected chi connectivity index (χ3v) is 2.34. The number of rotatable bonds is 2. The maximum Gasteiger partial charge on any atom is 0.302 e. The van der Waals surface area contributed by atoms with Crippen LogP contribution in [0.15, 0.2) is 30.3 Å². The minimum absolute atomic E-state index is 0.244. The Bertz CT molecular complexity index is 410. The lowest BCUT2D eigenvalue weighted by Crippen LogP contribution is -2.12. The molecule has 1 aromatic carbocycles. The summed E-state index contributed by atoms with van der Waals surface area (Å²) in [7, 11) is 0. The molecule has 1 aromatic rings. The SMILES string of the molecule is CC(=O)OCC1=CCNc2ccccc21. The molecule has 0 fully saturated rings. The smallest absolute Gasteiger partial charge is 0.302 e. The maximum atomic E-state index is 10.7. The van der Waals surface area contributed by atoms with Crippen LogP contribution in [-0.2, 0) is 9.53 Å². The van der Waals surface area contributed by atoms with E-state index in [0.717, 1.165) is 23.4 Å². The Balaban J connectivity index is 2.19. The Hall–Kier alpha value is -1.77. The molecule has 0 bridgehead atoms. The first kappa shape index (κ1) is 9.77. The van der Waals surface area contributed by atoms with Gasteiger partial charge in [-0.25, -0.2) is 0 Å². The molecule has 0 saturated heterocycles. The van der Waals surface area contributed by atoms with Crippen molar-refractivity contribution in [3.8, 4) is 0 Å². The van der Waals surface area contributed by atoms with E-state index in [2.05, 4.69) is 5.32 Å². The Morgan fingerprint density at radius 3 is 3.07 bits per heavy atom. The van der Waals surface area contributed by atoms with Crippen molar-refractivity contribution in [2.24, 2.45) is 0 Å². The second kappa shape index (κ2) is 4.17. The number of para-hydroxylation sites is 1. The van der Waals surface area contributed by atoms with Crippen LogP contribution in [-0.4, -0.2) is 19.1 Å². The molecule has 1 aliphatic rings. The van der Waals surface area contributed by atoms with E-state index in [1.54, 1.807) is 0 Å². The third-order valence-electron chi connectivity index (χ3n) is 2.34. The van der Waals surface area contributed by atoms with Gasteiger partial charge in [0.1, 0.15) is 6.61 Å². The highest BCUT2D eigenvalue weighted by atomic mass is 16.5. The fraction of sp³-hybridized carbons (Fsp3) is 0.250. The highest BCUT2D eigenvalue weighted by Crippen LogP contribution is 2.26. The first-order valence-corrected chi connectivity index (χ1v) is 4.93. The normalized spacial score (nSPS) is 13.5. The number of hydrogen-bond acceptors (Lipinski definition) is 3. The van der Waals surface area contributed by atoms with Gasteiger partial charge in [-0.15, -0.1) is 0 Å². The van der Waals surface area contributed by atoms with E-state index < -0.39 is 0 Å². The average molecular weight is 203 g/mol. The van der Waals surface area contributed by atoms with Crippen LogP contribution in [0.2, 0.25) is 0 Å². The van der Waals surface area contributed by atoms with Gasteiger partial charge in [0.05, 0.1) is 0 Å². The summed E-state index contributed by atoms with van der Waals surface area (Å²) in [5, 5.41) is 3.26. The van der Waals surface area contributed by atoms with E-state index in [-0.39, 0.29) is 5.97 Å². The summed E-state index contributed by atoms with van der Waals surface area (Å²) < 4.78 is 5.00. The molecule has 2 rings (SSSR count). The Morgan fingerprint density at radius 1 is 1.47 bits per heavy atom. The molecule has 0 aliphatic carbocycles. The Kier molecular flexibility index (Phi) is 2.72. The molecule has 0 spiro atoms. The van der Waals surface area contributed by atoms with Gasteiger partial charge in [0.2, 0.25) is 0 Å². The monoisotopic (exact) mass is 203 g/mol. The predicted molar refractivity (Wildman–Crippen MR) is 59.5 cm³/mol. The molecule has 1 aliphatic heterocycles. The molecule has 1 heterocycles. The zero-order valence-electron chi connectivity index (χ0n) is 8.62. The number of esters is 1. The second-order valence-corrected chi connectivity index (χ2v) is 3.44. The van der Waals surface area contributed by atoms with Crippen LogP contribution in [0, 0.1) is 0 Å². The van der Waals surface area contributed by atoms with E-state index in [1.165, 1.54) is 6.92 Å². The van der Waals surface area contributed by atoms with Gasteiger partial charge in [-0.3, -0.25) is 4.79 Å². The van der Waals surface area contributed by atoms with Gasteiger partial charge in [0.15, 0.2) is 0 Å². The number of hydrogen-bond donors (Lipinski definition) is 1. The van der Waals surface area contributed by atoms with Crippen molar-refractivity contribution >= 4 is 17.2 Å². The molecule has 3 nitrogen and oxygen atoms in total. The number of carbonyl (C=O) groups excluding carboxylic acids is 1. The van der Waals surface area contributed by atoms with Crippen molar-refractivity contribution in [2.75, 3.05) is 18.5 Å². The molecule has 3 heteroatoms. The summed E-state index contributed by atoms with van der Waals surface area (Å²) in [6.45, 7) is 2.56. The van der Waals surface area contributed by atoms with E-state index in [1.807, 2.05) is 30.3 Å². The summed E-state index contributed by atoms with van der Waals surface area (Å²) in [6, 6.07) is 8.01. The Morgan fingerprint density at radius 2 is 2.27 bits per heavy atom. The lowest BCUT2D eigenvalue weighted by atomic mass is 10.0. The second-order valence-electron chi connectivity index (χ2n) is 3.44. The molecule has 0 radical (unpaired) electrons. The standard InChI is InChI=1S/C12H13NO2/c1-9(14)15-8-10-6-7-13-12-5-3-2-4-11(10)12/h2-6,13H,7-8H2,1H3. The van der Waals surface area contributed by atoms with Crippen LogP contribution in [0.1, 0.15) is 12.5 Å². The van der Waals surface area contributed by atoms with Crippen molar-refractivity contribution in [1.82, 2.24) is 0 Å². The first-order valence-electron chi connectivity index (χ1n) is 4.93. The highest BCUT2D eigenvalue weighted by Gasteiger charge is 2.11. The average Bonchev–Trinajstić information content (AvgIpc) is 2.26. The maximum absolute atomic E-state index is 10.7. The van der Waals surface area contributed by atoms with Crippen LogP contribution >= 0.6 is 0 Å². The summed E-state index contributed by atoms with van der Waals surface area (Å²) in [6.07, 6.45) is 2.05. The zero-order chi connectivity index (χ0) is 10.7. The number of fused-ring (bicyclic) bond motifs is 1. The topological polar surface area (TPSA) is 38.3 Å². The van der Waals surface area contributed by atoms with Gasteiger partial charge in [-0.2, -0.15) is 0 Å². The summed E-state index contributed by atoms with van der Waals surface area (Å²) in [5.41, 5.74) is 3.28. The number of carbonyl (C=O) groups is 1. The van der Waals surface area contributed by atoms with Crippen LogP contribution in [0.3, 0.4) is 0 Å². The van der Waals surface area contributed by atoms with Crippen molar-refractivity contribution in [3.63, 3.8) is 0 Å². The van der Waals surface area contributed by atoms with Gasteiger partial charge in [-0.1, -0.05) is 24.3 Å². The van der Waals surface area contributed by atoms with E-state index in [0.29, 0.717) is 6.61 Å². The summed E-state index contributed by atoms with van der Waals surface area (Å²) >= 11 is 0. The molecule has 78 valence electrons. The van der Waals surface area contributed by atoms with Crippen molar-refractivity contribution in [1.29, 1.82) is 0 Å². The predicted octanol–water partition coefficient (Wildman–Crippen LogP) is 2.06. The van der Waals surface area contributed by atoms with Gasteiger partial charge in [0.25, 0.3) is 0 Å². The minimum Gasteiger partial charge on any atom is -0.461 e. The number of ether oxygens (including phenoxy) is 1. The molecular formula is C12H13NO2. The zero-order valence-corrected chi connectivity index (χ0v) is 8.62. The number of nitrogens with one attached hydrogen (secondary N) is 1. The molecule has 1 N–H and O–H groups in total. The Labute approximate surface area is 88.8 Å². The van der Waals surface area contributed by atoms with Crippen LogP contribution in [0.4, 0.5) is 5.69 Å². The molecular weight excluding hydrogens is 190 g/mol. The van der Waals surface area contributed by atoms with E-state index in [4.69, 9.17) is 4.74 Å². The highest BCUT2D eigenvalue weighted by molar-refractivity contribution is 5.80. The molecule has 15 heavy (non-hydrogen) atoms. The van der Waals surface area contributed by atoms with E-state index >= 15 is 0 Å². The first-order chi connectivity index (χ1) is 7.27. The van der Waals surface area contributed by atoms with Crippen molar-refractivity contribution in [2.45, 2.75) is 6.92 Å².